The molecule has 2 saturated heterocycles. The Morgan fingerprint density at radius 1 is 1.16 bits per heavy atom. The third kappa shape index (κ3) is 4.03. The number of aromatic nitrogens is 2. The highest BCUT2D eigenvalue weighted by atomic mass is 35.5. The summed E-state index contributed by atoms with van der Waals surface area (Å²) in [6, 6.07) is 2.31. The second-order valence-electron chi connectivity index (χ2n) is 8.07. The van der Waals surface area contributed by atoms with Crippen LogP contribution in [0.4, 0.5) is 0 Å². The number of nitrogens with zero attached hydrogens (tertiary/aromatic N) is 3. The van der Waals surface area contributed by atoms with E-state index in [4.69, 9.17) is 0 Å². The van der Waals surface area contributed by atoms with E-state index in [9.17, 15) is 4.79 Å². The quantitative estimate of drug-likeness (QED) is 0.872. The summed E-state index contributed by atoms with van der Waals surface area (Å²) in [5, 5.41) is 8.05. The van der Waals surface area contributed by atoms with E-state index in [1.165, 1.54) is 44.9 Å². The molecule has 1 unspecified atom stereocenters. The number of carbonyl (C=O) groups excluding carboxylic acids is 1. The molecule has 3 heterocycles. The lowest BCUT2D eigenvalue weighted by molar-refractivity contribution is 0.0378. The number of nitrogens with one attached hydrogen (secondary N) is 1. The molecule has 0 bridgehead atoms. The fraction of sp³-hybridized carbons (Fsp3) is 0.789. The van der Waals surface area contributed by atoms with Gasteiger partial charge in [-0.1, -0.05) is 19.3 Å². The van der Waals surface area contributed by atoms with E-state index in [1.54, 1.807) is 0 Å². The molecule has 1 spiro atoms. The molecule has 1 N–H and O–H groups in total. The lowest BCUT2D eigenvalue weighted by Crippen LogP contribution is -2.47. The maximum atomic E-state index is 13.0. The van der Waals surface area contributed by atoms with Crippen LogP contribution in [0.2, 0.25) is 0 Å². The van der Waals surface area contributed by atoms with Gasteiger partial charge in [0.1, 0.15) is 5.69 Å². The summed E-state index contributed by atoms with van der Waals surface area (Å²) in [5.74, 6) is 0.141. The molecular formula is C19H31ClN4O. The second kappa shape index (κ2) is 8.09. The Morgan fingerprint density at radius 2 is 1.96 bits per heavy atom. The van der Waals surface area contributed by atoms with Crippen molar-refractivity contribution in [2.75, 3.05) is 26.2 Å². The Labute approximate surface area is 156 Å². The highest BCUT2D eigenvalue weighted by Crippen LogP contribution is 2.43. The zero-order valence-corrected chi connectivity index (χ0v) is 15.9. The number of piperidine rings is 2. The van der Waals surface area contributed by atoms with Gasteiger partial charge in [-0.25, -0.2) is 0 Å². The standard InChI is InChI=1S/C19H30N4O.ClH/c24-18(17-7-13-23(21-17)16-6-4-11-20-14-16)22-12-5-10-19(15-22)8-2-1-3-9-19;/h7,13,16,20H,1-6,8-12,14-15H2;1H. The van der Waals surface area contributed by atoms with E-state index in [2.05, 4.69) is 15.3 Å². The number of rotatable bonds is 2. The smallest absolute Gasteiger partial charge is 0.274 e. The summed E-state index contributed by atoms with van der Waals surface area (Å²) in [6.07, 6.45) is 13.4. The summed E-state index contributed by atoms with van der Waals surface area (Å²) in [4.78, 5) is 15.0. The van der Waals surface area contributed by atoms with Crippen LogP contribution in [-0.2, 0) is 0 Å². The van der Waals surface area contributed by atoms with Gasteiger partial charge in [-0.2, -0.15) is 5.10 Å². The minimum absolute atomic E-state index is 0. The minimum Gasteiger partial charge on any atom is -0.337 e. The number of carbonyl (C=O) groups is 1. The number of halogens is 1. The van der Waals surface area contributed by atoms with Crippen molar-refractivity contribution >= 4 is 18.3 Å². The Hall–Kier alpha value is -1.07. The first kappa shape index (κ1) is 18.7. The van der Waals surface area contributed by atoms with Crippen molar-refractivity contribution in [3.8, 4) is 0 Å². The average molecular weight is 367 g/mol. The van der Waals surface area contributed by atoms with Crippen molar-refractivity contribution in [3.63, 3.8) is 0 Å². The van der Waals surface area contributed by atoms with Gasteiger partial charge in [0, 0.05) is 25.8 Å². The lowest BCUT2D eigenvalue weighted by atomic mass is 9.69. The molecule has 5 nitrogen and oxygen atoms in total. The molecule has 3 aliphatic rings. The predicted octanol–water partition coefficient (Wildman–Crippen LogP) is 3.42. The normalized spacial score (nSPS) is 26.2. The molecule has 25 heavy (non-hydrogen) atoms. The number of amides is 1. The van der Waals surface area contributed by atoms with Gasteiger partial charge in [0.05, 0.1) is 6.04 Å². The second-order valence-corrected chi connectivity index (χ2v) is 8.07. The number of hydrogen-bond donors (Lipinski definition) is 1. The summed E-state index contributed by atoms with van der Waals surface area (Å²) in [6.45, 7) is 3.91. The molecular weight excluding hydrogens is 336 g/mol. The van der Waals surface area contributed by atoms with Crippen LogP contribution in [0.3, 0.4) is 0 Å². The van der Waals surface area contributed by atoms with Gasteiger partial charge in [-0.05, 0) is 56.6 Å². The monoisotopic (exact) mass is 366 g/mol. The van der Waals surface area contributed by atoms with Gasteiger partial charge in [0.2, 0.25) is 0 Å². The van der Waals surface area contributed by atoms with E-state index in [0.717, 1.165) is 39.0 Å². The highest BCUT2D eigenvalue weighted by Gasteiger charge is 2.38. The summed E-state index contributed by atoms with van der Waals surface area (Å²) in [7, 11) is 0. The summed E-state index contributed by atoms with van der Waals surface area (Å²) in [5.41, 5.74) is 1.04. The maximum absolute atomic E-state index is 13.0. The molecule has 3 fully saturated rings. The van der Waals surface area contributed by atoms with Gasteiger partial charge >= 0.3 is 0 Å². The maximum Gasteiger partial charge on any atom is 0.274 e. The van der Waals surface area contributed by atoms with Crippen molar-refractivity contribution in [1.82, 2.24) is 20.0 Å². The van der Waals surface area contributed by atoms with Crippen LogP contribution in [0.25, 0.3) is 0 Å². The molecule has 1 aromatic heterocycles. The Balaban J connectivity index is 0.00000182. The fourth-order valence-electron chi connectivity index (χ4n) is 4.97. The molecule has 1 aromatic rings. The van der Waals surface area contributed by atoms with Gasteiger partial charge in [0.15, 0.2) is 0 Å². The number of likely N-dealkylation sites (tertiary alicyclic amines) is 1. The van der Waals surface area contributed by atoms with Crippen LogP contribution in [0, 0.1) is 5.41 Å². The topological polar surface area (TPSA) is 50.2 Å². The van der Waals surface area contributed by atoms with Crippen molar-refractivity contribution < 1.29 is 4.79 Å². The number of hydrogen-bond acceptors (Lipinski definition) is 3. The summed E-state index contributed by atoms with van der Waals surface area (Å²) >= 11 is 0. The van der Waals surface area contributed by atoms with Crippen LogP contribution in [0.15, 0.2) is 12.3 Å². The zero-order valence-electron chi connectivity index (χ0n) is 15.1. The van der Waals surface area contributed by atoms with Crippen molar-refractivity contribution in [2.24, 2.45) is 5.41 Å². The fourth-order valence-corrected chi connectivity index (χ4v) is 4.97. The predicted molar refractivity (Wildman–Crippen MR) is 101 cm³/mol. The SMILES string of the molecule is Cl.O=C(c1ccn(C2CCCNC2)n1)N1CCCC2(CCCCC2)C1. The molecule has 1 amide bonds. The van der Waals surface area contributed by atoms with Crippen LogP contribution in [0.1, 0.15) is 74.3 Å². The van der Waals surface area contributed by atoms with Gasteiger partial charge in [-0.15, -0.1) is 12.4 Å². The van der Waals surface area contributed by atoms with E-state index in [0.29, 0.717) is 17.2 Å². The molecule has 0 aromatic carbocycles. The largest absolute Gasteiger partial charge is 0.337 e. The molecule has 140 valence electrons. The van der Waals surface area contributed by atoms with Crippen LogP contribution in [0.5, 0.6) is 0 Å². The average Bonchev–Trinajstić information content (AvgIpc) is 3.13. The van der Waals surface area contributed by atoms with Gasteiger partial charge in [0.25, 0.3) is 5.91 Å². The van der Waals surface area contributed by atoms with Crippen molar-refractivity contribution in [3.05, 3.63) is 18.0 Å². The van der Waals surface area contributed by atoms with Crippen LogP contribution < -0.4 is 5.32 Å². The van der Waals surface area contributed by atoms with Gasteiger partial charge < -0.3 is 10.2 Å². The van der Waals surface area contributed by atoms with Crippen molar-refractivity contribution in [1.29, 1.82) is 0 Å². The third-order valence-electron chi connectivity index (χ3n) is 6.34. The Morgan fingerprint density at radius 3 is 2.72 bits per heavy atom. The molecule has 0 radical (unpaired) electrons. The van der Waals surface area contributed by atoms with E-state index in [-0.39, 0.29) is 18.3 Å². The van der Waals surface area contributed by atoms with Crippen LogP contribution in [-0.4, -0.2) is 46.8 Å². The first-order valence-corrected chi connectivity index (χ1v) is 9.81. The lowest BCUT2D eigenvalue weighted by Gasteiger charge is -2.45. The molecule has 1 aliphatic carbocycles. The first-order valence-electron chi connectivity index (χ1n) is 9.81. The summed E-state index contributed by atoms with van der Waals surface area (Å²) < 4.78 is 2.00. The van der Waals surface area contributed by atoms with Crippen molar-refractivity contribution in [2.45, 2.75) is 63.8 Å². The Bertz CT molecular complexity index is 570. The third-order valence-corrected chi connectivity index (χ3v) is 6.34. The molecule has 1 saturated carbocycles. The van der Waals surface area contributed by atoms with Gasteiger partial charge in [-0.3, -0.25) is 9.48 Å². The molecule has 4 rings (SSSR count). The molecule has 1 atom stereocenters. The molecule has 2 aliphatic heterocycles. The van der Waals surface area contributed by atoms with E-state index in [1.807, 2.05) is 16.9 Å². The first-order chi connectivity index (χ1) is 11.8. The minimum atomic E-state index is 0. The molecule has 6 heteroatoms. The zero-order chi connectivity index (χ0) is 16.4. The van der Waals surface area contributed by atoms with E-state index < -0.39 is 0 Å². The highest BCUT2D eigenvalue weighted by molar-refractivity contribution is 5.92. The Kier molecular flexibility index (Phi) is 6.05. The van der Waals surface area contributed by atoms with Crippen LogP contribution >= 0.6 is 12.4 Å². The van der Waals surface area contributed by atoms with E-state index >= 15 is 0 Å².